The van der Waals surface area contributed by atoms with Crippen LogP contribution in [0.5, 0.6) is 0 Å². The van der Waals surface area contributed by atoms with Crippen LogP contribution in [0.25, 0.3) is 0 Å². The van der Waals surface area contributed by atoms with Crippen molar-refractivity contribution < 1.29 is 9.36 Å². The van der Waals surface area contributed by atoms with Crippen molar-refractivity contribution in [3.8, 4) is 0 Å². The van der Waals surface area contributed by atoms with Gasteiger partial charge in [-0.1, -0.05) is 13.3 Å². The number of hydrogen-bond donors (Lipinski definition) is 1. The number of amides is 1. The molecule has 0 unspecified atom stereocenters. The summed E-state index contributed by atoms with van der Waals surface area (Å²) in [5, 5.41) is 0. The molecule has 1 amide bonds. The lowest BCUT2D eigenvalue weighted by atomic mass is 10.3. The number of nitrogens with two attached hydrogens (primary N) is 1. The van der Waals surface area contributed by atoms with E-state index in [1.165, 1.54) is 0 Å². The number of nitrogens with zero attached hydrogens (tertiary/aromatic N) is 1. The first kappa shape index (κ1) is 9.71. The molecule has 1 heterocycles. The summed E-state index contributed by atoms with van der Waals surface area (Å²) in [5.74, 6) is -0.364. The molecule has 3 heteroatoms. The highest BCUT2D eigenvalue weighted by Gasteiger charge is 2.13. The summed E-state index contributed by atoms with van der Waals surface area (Å²) >= 11 is 0. The third kappa shape index (κ3) is 2.54. The van der Waals surface area contributed by atoms with E-state index in [0.717, 1.165) is 19.4 Å². The molecule has 0 bridgehead atoms. The van der Waals surface area contributed by atoms with Crippen LogP contribution in [-0.4, -0.2) is 5.91 Å². The zero-order chi connectivity index (χ0) is 9.68. The molecule has 70 valence electrons. The lowest BCUT2D eigenvalue weighted by molar-refractivity contribution is -0.699. The highest BCUT2D eigenvalue weighted by Crippen LogP contribution is 1.92. The molecule has 0 spiro atoms. The number of pyridine rings is 1. The first-order valence-corrected chi connectivity index (χ1v) is 4.54. The van der Waals surface area contributed by atoms with Crippen molar-refractivity contribution in [3.05, 3.63) is 30.1 Å². The number of aromatic nitrogens is 1. The van der Waals surface area contributed by atoms with Gasteiger partial charge in [-0.25, -0.2) is 0 Å². The molecule has 13 heavy (non-hydrogen) atoms. The van der Waals surface area contributed by atoms with E-state index in [-0.39, 0.29) is 5.91 Å². The van der Waals surface area contributed by atoms with Crippen LogP contribution in [-0.2, 0) is 6.54 Å². The highest BCUT2D eigenvalue weighted by molar-refractivity contribution is 5.89. The Hall–Kier alpha value is -1.38. The normalized spacial score (nSPS) is 9.92. The number of carbonyl (C=O) groups excluding carboxylic acids is 1. The van der Waals surface area contributed by atoms with Gasteiger partial charge in [0.1, 0.15) is 6.54 Å². The van der Waals surface area contributed by atoms with E-state index in [2.05, 4.69) is 6.92 Å². The standard InChI is InChI=1S/C10H14N2O/c1-2-3-7-12-8-5-4-6-9(12)10(11)13/h4-6,8H,2-3,7H2,1H3,(H-,11,13)/p+1. The van der Waals surface area contributed by atoms with Gasteiger partial charge >= 0.3 is 5.91 Å². The summed E-state index contributed by atoms with van der Waals surface area (Å²) in [5.41, 5.74) is 5.81. The van der Waals surface area contributed by atoms with Gasteiger partial charge < -0.3 is 5.73 Å². The Balaban J connectivity index is 2.84. The fourth-order valence-electron chi connectivity index (χ4n) is 1.22. The Kier molecular flexibility index (Phi) is 3.43. The van der Waals surface area contributed by atoms with Gasteiger partial charge in [-0.15, -0.1) is 0 Å². The van der Waals surface area contributed by atoms with Gasteiger partial charge in [0.25, 0.3) is 5.69 Å². The minimum absolute atomic E-state index is 0.364. The van der Waals surface area contributed by atoms with E-state index in [1.807, 2.05) is 22.9 Å². The molecule has 0 aromatic carbocycles. The fourth-order valence-corrected chi connectivity index (χ4v) is 1.22. The number of hydrogen-bond acceptors (Lipinski definition) is 1. The van der Waals surface area contributed by atoms with Crippen LogP contribution < -0.4 is 10.3 Å². The Morgan fingerprint density at radius 3 is 2.92 bits per heavy atom. The third-order valence-electron chi connectivity index (χ3n) is 1.95. The number of primary amides is 1. The molecule has 0 saturated carbocycles. The van der Waals surface area contributed by atoms with E-state index in [4.69, 9.17) is 5.73 Å². The second kappa shape index (κ2) is 4.60. The molecule has 0 radical (unpaired) electrons. The lowest BCUT2D eigenvalue weighted by Crippen LogP contribution is -2.41. The topological polar surface area (TPSA) is 47.0 Å². The summed E-state index contributed by atoms with van der Waals surface area (Å²) in [6.07, 6.45) is 4.06. The molecule has 0 fully saturated rings. The molecule has 1 aromatic heterocycles. The Morgan fingerprint density at radius 2 is 2.31 bits per heavy atom. The second-order valence-corrected chi connectivity index (χ2v) is 3.00. The van der Waals surface area contributed by atoms with Crippen LogP contribution in [0.3, 0.4) is 0 Å². The van der Waals surface area contributed by atoms with Crippen LogP contribution in [0.4, 0.5) is 0 Å². The van der Waals surface area contributed by atoms with Crippen LogP contribution in [0, 0.1) is 0 Å². The highest BCUT2D eigenvalue weighted by atomic mass is 16.1. The summed E-state index contributed by atoms with van der Waals surface area (Å²) in [6.45, 7) is 2.98. The maximum Gasteiger partial charge on any atom is 0.313 e. The van der Waals surface area contributed by atoms with Gasteiger partial charge in [0, 0.05) is 18.6 Å². The summed E-state index contributed by atoms with van der Waals surface area (Å²) < 4.78 is 1.89. The zero-order valence-electron chi connectivity index (χ0n) is 7.86. The minimum atomic E-state index is -0.364. The summed E-state index contributed by atoms with van der Waals surface area (Å²) in [6, 6.07) is 5.47. The van der Waals surface area contributed by atoms with Crippen molar-refractivity contribution in [3.63, 3.8) is 0 Å². The molecule has 2 N–H and O–H groups in total. The lowest BCUT2D eigenvalue weighted by Gasteiger charge is -1.98. The van der Waals surface area contributed by atoms with Gasteiger partial charge in [-0.2, -0.15) is 4.57 Å². The fraction of sp³-hybridized carbons (Fsp3) is 0.400. The first-order chi connectivity index (χ1) is 6.25. The smallest absolute Gasteiger partial charge is 0.313 e. The third-order valence-corrected chi connectivity index (χ3v) is 1.95. The first-order valence-electron chi connectivity index (χ1n) is 4.54. The van der Waals surface area contributed by atoms with Crippen LogP contribution in [0.2, 0.25) is 0 Å². The predicted molar refractivity (Wildman–Crippen MR) is 50.1 cm³/mol. The molecule has 0 atom stereocenters. The van der Waals surface area contributed by atoms with E-state index in [0.29, 0.717) is 5.69 Å². The average molecular weight is 179 g/mol. The van der Waals surface area contributed by atoms with Gasteiger partial charge in [0.15, 0.2) is 6.20 Å². The molecule has 1 rings (SSSR count). The van der Waals surface area contributed by atoms with Crippen molar-refractivity contribution in [1.29, 1.82) is 0 Å². The van der Waals surface area contributed by atoms with Crippen LogP contribution in [0.15, 0.2) is 24.4 Å². The van der Waals surface area contributed by atoms with Gasteiger partial charge in [0.05, 0.1) is 0 Å². The second-order valence-electron chi connectivity index (χ2n) is 3.00. The molecule has 0 aliphatic carbocycles. The average Bonchev–Trinajstić information content (AvgIpc) is 2.15. The quantitative estimate of drug-likeness (QED) is 0.685. The van der Waals surface area contributed by atoms with Gasteiger partial charge in [0.2, 0.25) is 0 Å². The largest absolute Gasteiger partial charge is 0.360 e. The molecule has 0 saturated heterocycles. The SMILES string of the molecule is CCCC[n+]1ccccc1C(N)=O. The molecule has 0 aliphatic heterocycles. The van der Waals surface area contributed by atoms with Crippen molar-refractivity contribution in [2.45, 2.75) is 26.3 Å². The Labute approximate surface area is 78.2 Å². The van der Waals surface area contributed by atoms with Crippen molar-refractivity contribution in [2.75, 3.05) is 0 Å². The Morgan fingerprint density at radius 1 is 1.54 bits per heavy atom. The number of aryl methyl sites for hydroxylation is 1. The van der Waals surface area contributed by atoms with E-state index in [9.17, 15) is 4.79 Å². The van der Waals surface area contributed by atoms with E-state index >= 15 is 0 Å². The van der Waals surface area contributed by atoms with Crippen LogP contribution in [0.1, 0.15) is 30.3 Å². The van der Waals surface area contributed by atoms with E-state index < -0.39 is 0 Å². The van der Waals surface area contributed by atoms with Crippen molar-refractivity contribution in [1.82, 2.24) is 0 Å². The molecule has 3 nitrogen and oxygen atoms in total. The molecular weight excluding hydrogens is 164 g/mol. The van der Waals surface area contributed by atoms with Gasteiger partial charge in [-0.3, -0.25) is 4.79 Å². The van der Waals surface area contributed by atoms with Crippen molar-refractivity contribution in [2.24, 2.45) is 5.73 Å². The predicted octanol–water partition coefficient (Wildman–Crippen LogP) is 0.873. The van der Waals surface area contributed by atoms with E-state index in [1.54, 1.807) is 6.07 Å². The maximum absolute atomic E-state index is 11.0. The minimum Gasteiger partial charge on any atom is -0.360 e. The van der Waals surface area contributed by atoms with Gasteiger partial charge in [-0.05, 0) is 6.07 Å². The monoisotopic (exact) mass is 179 g/mol. The maximum atomic E-state index is 11.0. The molecular formula is C10H15N2O+. The van der Waals surface area contributed by atoms with Crippen molar-refractivity contribution >= 4 is 5.91 Å². The molecule has 1 aromatic rings. The Bertz CT molecular complexity index is 297. The zero-order valence-corrected chi connectivity index (χ0v) is 7.86. The number of carbonyl (C=O) groups is 1. The summed E-state index contributed by atoms with van der Waals surface area (Å²) in [4.78, 5) is 11.0. The summed E-state index contributed by atoms with van der Waals surface area (Å²) in [7, 11) is 0. The number of rotatable bonds is 4. The molecule has 0 aliphatic rings. The van der Waals surface area contributed by atoms with Crippen LogP contribution >= 0.6 is 0 Å². The number of unbranched alkanes of at least 4 members (excludes halogenated alkanes) is 1.